The standard InChI is InChI=1S/C23H12Cl2F4N2O2/c24-15-9-12(1-3-14(15)23(27,28)29)11-33-19-6-4-16(26)20(21(19)25)22(32)13-2-5-17-18(10-13)31-8-7-30-17/h1-10H,11H2. The predicted molar refractivity (Wildman–Crippen MR) is 115 cm³/mol. The third kappa shape index (κ3) is 4.77. The fraction of sp³-hybridized carbons (Fsp3) is 0.0870. The molecule has 0 bridgehead atoms. The van der Waals surface area contributed by atoms with Gasteiger partial charge in [-0.25, -0.2) is 4.39 Å². The van der Waals surface area contributed by atoms with Gasteiger partial charge in [-0.1, -0.05) is 29.3 Å². The highest BCUT2D eigenvalue weighted by molar-refractivity contribution is 6.36. The van der Waals surface area contributed by atoms with Crippen molar-refractivity contribution in [2.24, 2.45) is 0 Å². The quantitative estimate of drug-likeness (QED) is 0.223. The Balaban J connectivity index is 1.60. The first-order chi connectivity index (χ1) is 15.6. The van der Waals surface area contributed by atoms with E-state index in [1.165, 1.54) is 36.7 Å². The number of carbonyl (C=O) groups excluding carboxylic acids is 1. The van der Waals surface area contributed by atoms with Crippen LogP contribution in [0, 0.1) is 5.82 Å². The molecule has 33 heavy (non-hydrogen) atoms. The molecule has 0 N–H and O–H groups in total. The Labute approximate surface area is 194 Å². The van der Waals surface area contributed by atoms with E-state index in [0.717, 1.165) is 18.2 Å². The van der Waals surface area contributed by atoms with Gasteiger partial charge in [-0.05, 0) is 48.0 Å². The number of aromatic nitrogens is 2. The van der Waals surface area contributed by atoms with Crippen LogP contribution in [0.5, 0.6) is 5.75 Å². The summed E-state index contributed by atoms with van der Waals surface area (Å²) in [7, 11) is 0. The molecule has 168 valence electrons. The molecule has 4 nitrogen and oxygen atoms in total. The molecule has 4 aromatic rings. The molecular weight excluding hydrogens is 483 g/mol. The molecule has 0 aliphatic carbocycles. The van der Waals surface area contributed by atoms with E-state index in [2.05, 4.69) is 9.97 Å². The molecule has 0 aliphatic heterocycles. The van der Waals surface area contributed by atoms with E-state index in [1.54, 1.807) is 6.07 Å². The maximum Gasteiger partial charge on any atom is 0.417 e. The molecule has 0 radical (unpaired) electrons. The van der Waals surface area contributed by atoms with E-state index in [-0.39, 0.29) is 22.9 Å². The number of ketones is 1. The van der Waals surface area contributed by atoms with Crippen molar-refractivity contribution in [3.63, 3.8) is 0 Å². The van der Waals surface area contributed by atoms with Gasteiger partial charge in [0.1, 0.15) is 18.2 Å². The Morgan fingerprint density at radius 2 is 1.67 bits per heavy atom. The summed E-state index contributed by atoms with van der Waals surface area (Å²) in [4.78, 5) is 21.2. The number of nitrogens with zero attached hydrogens (tertiary/aromatic N) is 2. The summed E-state index contributed by atoms with van der Waals surface area (Å²) in [6, 6.07) is 9.94. The van der Waals surface area contributed by atoms with Gasteiger partial charge in [0, 0.05) is 18.0 Å². The Morgan fingerprint density at radius 3 is 2.36 bits per heavy atom. The monoisotopic (exact) mass is 494 g/mol. The fourth-order valence-corrected chi connectivity index (χ4v) is 3.75. The lowest BCUT2D eigenvalue weighted by molar-refractivity contribution is -0.137. The number of halogens is 6. The lowest BCUT2D eigenvalue weighted by Crippen LogP contribution is -2.08. The predicted octanol–water partition coefficient (Wildman–Crippen LogP) is 6.90. The smallest absolute Gasteiger partial charge is 0.417 e. The molecule has 0 unspecified atom stereocenters. The first-order valence-corrected chi connectivity index (χ1v) is 10.1. The van der Waals surface area contributed by atoms with Crippen molar-refractivity contribution in [2.75, 3.05) is 0 Å². The number of rotatable bonds is 5. The summed E-state index contributed by atoms with van der Waals surface area (Å²) < 4.78 is 58.7. The molecule has 0 spiro atoms. The Kier molecular flexibility index (Phi) is 6.23. The summed E-state index contributed by atoms with van der Waals surface area (Å²) in [6.45, 7) is -0.206. The van der Waals surface area contributed by atoms with Crippen LogP contribution in [-0.4, -0.2) is 15.8 Å². The summed E-state index contributed by atoms with van der Waals surface area (Å²) >= 11 is 12.0. The van der Waals surface area contributed by atoms with E-state index in [0.29, 0.717) is 16.6 Å². The molecule has 1 heterocycles. The number of benzene rings is 3. The van der Waals surface area contributed by atoms with Crippen LogP contribution in [-0.2, 0) is 12.8 Å². The molecule has 0 saturated carbocycles. The lowest BCUT2D eigenvalue weighted by atomic mass is 10.0. The summed E-state index contributed by atoms with van der Waals surface area (Å²) in [5.41, 5.74) is 0.118. The minimum absolute atomic E-state index is 0.0157. The SMILES string of the molecule is O=C(c1ccc2nccnc2c1)c1c(F)ccc(OCc2ccc(C(F)(F)F)c(Cl)c2)c1Cl. The minimum Gasteiger partial charge on any atom is -0.487 e. The van der Waals surface area contributed by atoms with Crippen molar-refractivity contribution >= 4 is 40.0 Å². The normalized spacial score (nSPS) is 11.6. The largest absolute Gasteiger partial charge is 0.487 e. The van der Waals surface area contributed by atoms with Gasteiger partial charge >= 0.3 is 6.18 Å². The van der Waals surface area contributed by atoms with Crippen molar-refractivity contribution in [1.29, 1.82) is 0 Å². The molecule has 0 atom stereocenters. The van der Waals surface area contributed by atoms with Gasteiger partial charge in [-0.3, -0.25) is 14.8 Å². The van der Waals surface area contributed by atoms with Crippen LogP contribution in [0.1, 0.15) is 27.0 Å². The van der Waals surface area contributed by atoms with Crippen LogP contribution < -0.4 is 4.74 Å². The van der Waals surface area contributed by atoms with Crippen molar-refractivity contribution in [3.8, 4) is 5.75 Å². The average Bonchev–Trinajstić information content (AvgIpc) is 2.77. The zero-order chi connectivity index (χ0) is 23.8. The maximum atomic E-state index is 14.5. The Bertz CT molecular complexity index is 1380. The van der Waals surface area contributed by atoms with E-state index >= 15 is 0 Å². The van der Waals surface area contributed by atoms with Gasteiger partial charge in [-0.2, -0.15) is 13.2 Å². The average molecular weight is 495 g/mol. The summed E-state index contributed by atoms with van der Waals surface area (Å²) in [5, 5.41) is -0.749. The second kappa shape index (κ2) is 8.96. The summed E-state index contributed by atoms with van der Waals surface area (Å²) in [5.74, 6) is -1.56. The van der Waals surface area contributed by atoms with Crippen molar-refractivity contribution in [1.82, 2.24) is 9.97 Å². The van der Waals surface area contributed by atoms with E-state index in [4.69, 9.17) is 27.9 Å². The van der Waals surface area contributed by atoms with Crippen LogP contribution in [0.2, 0.25) is 10.0 Å². The Morgan fingerprint density at radius 1 is 0.939 bits per heavy atom. The second-order valence-electron chi connectivity index (χ2n) is 6.92. The van der Waals surface area contributed by atoms with E-state index in [1.807, 2.05) is 0 Å². The molecule has 3 aromatic carbocycles. The van der Waals surface area contributed by atoms with Gasteiger partial charge in [0.15, 0.2) is 5.78 Å². The topological polar surface area (TPSA) is 52.1 Å². The van der Waals surface area contributed by atoms with Crippen LogP contribution in [0.15, 0.2) is 60.9 Å². The second-order valence-corrected chi connectivity index (χ2v) is 7.71. The highest BCUT2D eigenvalue weighted by Crippen LogP contribution is 2.36. The van der Waals surface area contributed by atoms with Gasteiger partial charge in [0.05, 0.1) is 32.2 Å². The van der Waals surface area contributed by atoms with Gasteiger partial charge in [-0.15, -0.1) is 0 Å². The van der Waals surface area contributed by atoms with E-state index in [9.17, 15) is 22.4 Å². The van der Waals surface area contributed by atoms with E-state index < -0.39 is 33.9 Å². The van der Waals surface area contributed by atoms with Crippen LogP contribution in [0.25, 0.3) is 11.0 Å². The molecule has 1 aromatic heterocycles. The summed E-state index contributed by atoms with van der Waals surface area (Å²) in [6.07, 6.45) is -1.61. The number of ether oxygens (including phenoxy) is 1. The Hall–Kier alpha value is -3.23. The van der Waals surface area contributed by atoms with Crippen LogP contribution in [0.3, 0.4) is 0 Å². The molecule has 4 rings (SSSR count). The number of hydrogen-bond donors (Lipinski definition) is 0. The van der Waals surface area contributed by atoms with Gasteiger partial charge in [0.2, 0.25) is 0 Å². The lowest BCUT2D eigenvalue weighted by Gasteiger charge is -2.13. The van der Waals surface area contributed by atoms with Gasteiger partial charge < -0.3 is 4.74 Å². The minimum atomic E-state index is -4.58. The zero-order valence-corrected chi connectivity index (χ0v) is 18.0. The van der Waals surface area contributed by atoms with Gasteiger partial charge in [0.25, 0.3) is 0 Å². The molecule has 10 heteroatoms. The molecule has 0 amide bonds. The van der Waals surface area contributed by atoms with Crippen molar-refractivity contribution in [3.05, 3.63) is 99.0 Å². The van der Waals surface area contributed by atoms with Crippen LogP contribution in [0.4, 0.5) is 17.6 Å². The first-order valence-electron chi connectivity index (χ1n) is 9.37. The first kappa shape index (κ1) is 22.9. The third-order valence-corrected chi connectivity index (χ3v) is 5.44. The highest BCUT2D eigenvalue weighted by Gasteiger charge is 2.33. The molecule has 0 fully saturated rings. The molecular formula is C23H12Cl2F4N2O2. The third-order valence-electron chi connectivity index (χ3n) is 4.75. The number of fused-ring (bicyclic) bond motifs is 1. The van der Waals surface area contributed by atoms with Crippen LogP contribution >= 0.6 is 23.2 Å². The molecule has 0 aliphatic rings. The maximum absolute atomic E-state index is 14.5. The molecule has 0 saturated heterocycles. The number of hydrogen-bond acceptors (Lipinski definition) is 4. The van der Waals surface area contributed by atoms with Crippen molar-refractivity contribution < 1.29 is 27.1 Å². The highest BCUT2D eigenvalue weighted by atomic mass is 35.5. The number of carbonyl (C=O) groups is 1. The van der Waals surface area contributed by atoms with Crippen molar-refractivity contribution in [2.45, 2.75) is 12.8 Å². The number of alkyl halides is 3. The fourth-order valence-electron chi connectivity index (χ4n) is 3.14. The zero-order valence-electron chi connectivity index (χ0n) is 16.5.